The van der Waals surface area contributed by atoms with Crippen LogP contribution in [0.15, 0.2) is 18.2 Å². The Hall–Kier alpha value is -1.31. The summed E-state index contributed by atoms with van der Waals surface area (Å²) in [6.45, 7) is 7.89. The van der Waals surface area contributed by atoms with Crippen LogP contribution in [0.2, 0.25) is 0 Å². The Kier molecular flexibility index (Phi) is 2.53. The Labute approximate surface area is 96.6 Å². The summed E-state index contributed by atoms with van der Waals surface area (Å²) in [6, 6.07) is 5.76. The third kappa shape index (κ3) is 1.97. The summed E-state index contributed by atoms with van der Waals surface area (Å²) in [6.07, 6.45) is 1.13. The molecule has 0 bridgehead atoms. The summed E-state index contributed by atoms with van der Waals surface area (Å²) in [7, 11) is 0. The molecule has 0 fully saturated rings. The summed E-state index contributed by atoms with van der Waals surface area (Å²) in [5, 5.41) is 0. The van der Waals surface area contributed by atoms with Crippen molar-refractivity contribution in [1.29, 1.82) is 0 Å². The SMILES string of the molecule is CC1Cc2cc(C(=O)C(C)(C)C)ccc2O1. The lowest BCUT2D eigenvalue weighted by molar-refractivity contribution is 0.0858. The minimum Gasteiger partial charge on any atom is -0.490 e. The van der Waals surface area contributed by atoms with Crippen molar-refractivity contribution >= 4 is 5.78 Å². The fraction of sp³-hybridized carbons (Fsp3) is 0.500. The largest absolute Gasteiger partial charge is 0.490 e. The van der Waals surface area contributed by atoms with Crippen molar-refractivity contribution in [1.82, 2.24) is 0 Å². The van der Waals surface area contributed by atoms with E-state index in [0.29, 0.717) is 0 Å². The van der Waals surface area contributed by atoms with Gasteiger partial charge < -0.3 is 4.74 Å². The van der Waals surface area contributed by atoms with E-state index in [1.54, 1.807) is 0 Å². The van der Waals surface area contributed by atoms with E-state index < -0.39 is 0 Å². The van der Waals surface area contributed by atoms with Crippen molar-refractivity contribution in [2.45, 2.75) is 40.2 Å². The molecule has 2 rings (SSSR count). The van der Waals surface area contributed by atoms with Crippen LogP contribution in [0.5, 0.6) is 5.75 Å². The van der Waals surface area contributed by atoms with Gasteiger partial charge in [-0.05, 0) is 30.7 Å². The van der Waals surface area contributed by atoms with E-state index >= 15 is 0 Å². The van der Waals surface area contributed by atoms with Crippen molar-refractivity contribution < 1.29 is 9.53 Å². The number of carbonyl (C=O) groups is 1. The average Bonchev–Trinajstić information content (AvgIpc) is 2.54. The molecule has 1 aliphatic rings. The number of ether oxygens (including phenoxy) is 1. The third-order valence-corrected chi connectivity index (χ3v) is 2.84. The first-order valence-corrected chi connectivity index (χ1v) is 5.72. The first-order chi connectivity index (χ1) is 7.38. The number of rotatable bonds is 1. The van der Waals surface area contributed by atoms with Gasteiger partial charge in [0.15, 0.2) is 5.78 Å². The highest BCUT2D eigenvalue weighted by molar-refractivity contribution is 6.00. The molecule has 1 aromatic carbocycles. The topological polar surface area (TPSA) is 26.3 Å². The maximum atomic E-state index is 12.1. The predicted octanol–water partition coefficient (Wildman–Crippen LogP) is 3.24. The molecule has 1 unspecified atom stereocenters. The highest BCUT2D eigenvalue weighted by atomic mass is 16.5. The van der Waals surface area contributed by atoms with E-state index in [9.17, 15) is 4.79 Å². The predicted molar refractivity (Wildman–Crippen MR) is 64.0 cm³/mol. The van der Waals surface area contributed by atoms with Crippen molar-refractivity contribution in [2.24, 2.45) is 5.41 Å². The summed E-state index contributed by atoms with van der Waals surface area (Å²) >= 11 is 0. The van der Waals surface area contributed by atoms with Crippen LogP contribution in [0, 0.1) is 5.41 Å². The number of benzene rings is 1. The lowest BCUT2D eigenvalue weighted by atomic mass is 9.86. The van der Waals surface area contributed by atoms with Gasteiger partial charge in [-0.15, -0.1) is 0 Å². The second-order valence-electron chi connectivity index (χ2n) is 5.53. The summed E-state index contributed by atoms with van der Waals surface area (Å²) in [4.78, 5) is 12.1. The number of Topliss-reactive ketones (excluding diaryl/α,β-unsaturated/α-hetero) is 1. The van der Waals surface area contributed by atoms with E-state index in [0.717, 1.165) is 23.3 Å². The monoisotopic (exact) mass is 218 g/mol. The molecule has 1 aliphatic heterocycles. The molecular formula is C14H18O2. The van der Waals surface area contributed by atoms with Crippen molar-refractivity contribution in [2.75, 3.05) is 0 Å². The molecule has 86 valence electrons. The zero-order valence-electron chi connectivity index (χ0n) is 10.3. The normalized spacial score (nSPS) is 19.1. The van der Waals surface area contributed by atoms with E-state index in [1.165, 1.54) is 0 Å². The second-order valence-corrected chi connectivity index (χ2v) is 5.53. The van der Waals surface area contributed by atoms with Gasteiger partial charge in [0.05, 0.1) is 0 Å². The molecule has 0 amide bonds. The smallest absolute Gasteiger partial charge is 0.168 e. The first kappa shape index (κ1) is 11.2. The molecule has 1 heterocycles. The molecule has 0 aliphatic carbocycles. The van der Waals surface area contributed by atoms with Crippen LogP contribution in [0.25, 0.3) is 0 Å². The van der Waals surface area contributed by atoms with Crippen LogP contribution < -0.4 is 4.74 Å². The Bertz CT molecular complexity index is 427. The fourth-order valence-electron chi connectivity index (χ4n) is 2.00. The van der Waals surface area contributed by atoms with Crippen molar-refractivity contribution in [3.05, 3.63) is 29.3 Å². The van der Waals surface area contributed by atoms with Crippen LogP contribution in [-0.4, -0.2) is 11.9 Å². The van der Waals surface area contributed by atoms with E-state index in [1.807, 2.05) is 45.9 Å². The minimum atomic E-state index is -0.320. The van der Waals surface area contributed by atoms with Crippen LogP contribution in [0.1, 0.15) is 43.6 Å². The summed E-state index contributed by atoms with van der Waals surface area (Å²) in [5.41, 5.74) is 1.63. The summed E-state index contributed by atoms with van der Waals surface area (Å²) in [5.74, 6) is 1.12. The van der Waals surface area contributed by atoms with Gasteiger partial charge >= 0.3 is 0 Å². The lowest BCUT2D eigenvalue weighted by Crippen LogP contribution is -2.20. The molecule has 1 aromatic rings. The zero-order chi connectivity index (χ0) is 11.9. The number of ketones is 1. The average molecular weight is 218 g/mol. The van der Waals surface area contributed by atoms with Crippen LogP contribution in [0.4, 0.5) is 0 Å². The molecule has 0 aromatic heterocycles. The molecule has 16 heavy (non-hydrogen) atoms. The first-order valence-electron chi connectivity index (χ1n) is 5.72. The maximum absolute atomic E-state index is 12.1. The fourth-order valence-corrected chi connectivity index (χ4v) is 2.00. The van der Waals surface area contributed by atoms with Crippen molar-refractivity contribution in [3.63, 3.8) is 0 Å². The molecular weight excluding hydrogens is 200 g/mol. The van der Waals surface area contributed by atoms with Gasteiger partial charge in [-0.1, -0.05) is 20.8 Å². The van der Waals surface area contributed by atoms with E-state index in [2.05, 4.69) is 0 Å². The molecule has 1 atom stereocenters. The third-order valence-electron chi connectivity index (χ3n) is 2.84. The molecule has 0 saturated heterocycles. The van der Waals surface area contributed by atoms with E-state index in [4.69, 9.17) is 4.74 Å². The maximum Gasteiger partial charge on any atom is 0.168 e. The van der Waals surface area contributed by atoms with Gasteiger partial charge in [0.25, 0.3) is 0 Å². The Balaban J connectivity index is 2.33. The number of fused-ring (bicyclic) bond motifs is 1. The molecule has 2 nitrogen and oxygen atoms in total. The Morgan fingerprint density at radius 2 is 2.06 bits per heavy atom. The number of carbonyl (C=O) groups excluding carboxylic acids is 1. The van der Waals surface area contributed by atoms with Crippen molar-refractivity contribution in [3.8, 4) is 5.75 Å². The summed E-state index contributed by atoms with van der Waals surface area (Å²) < 4.78 is 5.62. The van der Waals surface area contributed by atoms with E-state index in [-0.39, 0.29) is 17.3 Å². The molecule has 0 saturated carbocycles. The number of hydrogen-bond donors (Lipinski definition) is 0. The zero-order valence-corrected chi connectivity index (χ0v) is 10.3. The minimum absolute atomic E-state index is 0.190. The molecule has 0 spiro atoms. The van der Waals surface area contributed by atoms with Gasteiger partial charge in [-0.25, -0.2) is 0 Å². The Morgan fingerprint density at radius 3 is 2.69 bits per heavy atom. The van der Waals surface area contributed by atoms with Gasteiger partial charge in [0, 0.05) is 17.4 Å². The Morgan fingerprint density at radius 1 is 1.38 bits per heavy atom. The van der Waals surface area contributed by atoms with Gasteiger partial charge in [-0.3, -0.25) is 4.79 Å². The van der Waals surface area contributed by atoms with Crippen LogP contribution >= 0.6 is 0 Å². The highest BCUT2D eigenvalue weighted by Crippen LogP contribution is 2.31. The van der Waals surface area contributed by atoms with Gasteiger partial charge in [0.2, 0.25) is 0 Å². The second kappa shape index (κ2) is 3.62. The quantitative estimate of drug-likeness (QED) is 0.676. The lowest BCUT2D eigenvalue weighted by Gasteiger charge is -2.16. The molecule has 0 N–H and O–H groups in total. The van der Waals surface area contributed by atoms with Gasteiger partial charge in [-0.2, -0.15) is 0 Å². The van der Waals surface area contributed by atoms with Crippen LogP contribution in [0.3, 0.4) is 0 Å². The molecule has 2 heteroatoms. The standard InChI is InChI=1S/C14H18O2/c1-9-7-11-8-10(5-6-12(11)16-9)13(15)14(2,3)4/h5-6,8-9H,7H2,1-4H3. The van der Waals surface area contributed by atoms with Crippen LogP contribution in [-0.2, 0) is 6.42 Å². The van der Waals surface area contributed by atoms with Gasteiger partial charge in [0.1, 0.15) is 11.9 Å². The molecule has 0 radical (unpaired) electrons. The highest BCUT2D eigenvalue weighted by Gasteiger charge is 2.25. The number of hydrogen-bond acceptors (Lipinski definition) is 2.